The third kappa shape index (κ3) is 38.1. The molecule has 1 unspecified atom stereocenters. The lowest BCUT2D eigenvalue weighted by molar-refractivity contribution is -0.167. The average Bonchev–Trinajstić information content (AvgIpc) is 3.14. The Labute approximate surface area is 323 Å². The summed E-state index contributed by atoms with van der Waals surface area (Å²) in [4.78, 5) is 37.6. The molecule has 0 N–H and O–H groups in total. The Morgan fingerprint density at radius 3 is 1.00 bits per heavy atom. The number of esters is 3. The van der Waals surface area contributed by atoms with Crippen LogP contribution in [0.3, 0.4) is 0 Å². The number of ether oxygens (including phenoxy) is 3. The van der Waals surface area contributed by atoms with Crippen molar-refractivity contribution in [2.45, 2.75) is 259 Å². The third-order valence-corrected chi connectivity index (χ3v) is 10.7. The topological polar surface area (TPSA) is 78.9 Å². The van der Waals surface area contributed by atoms with E-state index >= 15 is 0 Å². The van der Waals surface area contributed by atoms with Crippen LogP contribution in [-0.2, 0) is 28.6 Å². The first-order chi connectivity index (χ1) is 25.4. The van der Waals surface area contributed by atoms with Gasteiger partial charge in [0.15, 0.2) is 6.10 Å². The first kappa shape index (κ1) is 50.4. The maximum atomic E-state index is 12.7. The number of carbonyl (C=O) groups is 3. The van der Waals surface area contributed by atoms with Crippen LogP contribution in [0.4, 0.5) is 0 Å². The number of unbranched alkanes of at least 4 members (excludes halogenated alkanes) is 27. The van der Waals surface area contributed by atoms with Gasteiger partial charge < -0.3 is 14.2 Å². The Morgan fingerprint density at radius 2 is 0.673 bits per heavy atom. The van der Waals surface area contributed by atoms with Crippen LogP contribution in [0.2, 0.25) is 0 Å². The molecule has 2 atom stereocenters. The van der Waals surface area contributed by atoms with E-state index in [-0.39, 0.29) is 31.1 Å². The molecule has 0 aromatic rings. The zero-order valence-electron chi connectivity index (χ0n) is 35.3. The van der Waals surface area contributed by atoms with Crippen LogP contribution in [-0.4, -0.2) is 37.2 Å². The maximum Gasteiger partial charge on any atom is 0.306 e. The van der Waals surface area contributed by atoms with Gasteiger partial charge in [0.1, 0.15) is 13.2 Å². The van der Waals surface area contributed by atoms with Gasteiger partial charge in [0, 0.05) is 19.3 Å². The van der Waals surface area contributed by atoms with Gasteiger partial charge in [-0.15, -0.1) is 0 Å². The van der Waals surface area contributed by atoms with E-state index in [0.717, 1.165) is 63.7 Å². The molecule has 0 aromatic heterocycles. The Hall–Kier alpha value is -1.59. The highest BCUT2D eigenvalue weighted by Crippen LogP contribution is 2.17. The summed E-state index contributed by atoms with van der Waals surface area (Å²) >= 11 is 0. The molecule has 0 fully saturated rings. The molecule has 0 aromatic carbocycles. The fourth-order valence-electron chi connectivity index (χ4n) is 6.77. The second kappa shape index (κ2) is 40.6. The molecule has 0 spiro atoms. The van der Waals surface area contributed by atoms with Gasteiger partial charge in [-0.2, -0.15) is 0 Å². The second-order valence-electron chi connectivity index (χ2n) is 15.9. The van der Waals surface area contributed by atoms with Gasteiger partial charge in [-0.1, -0.05) is 214 Å². The number of hydrogen-bond acceptors (Lipinski definition) is 6. The van der Waals surface area contributed by atoms with Gasteiger partial charge in [-0.25, -0.2) is 0 Å². The van der Waals surface area contributed by atoms with Gasteiger partial charge in [-0.05, 0) is 25.2 Å². The molecule has 0 aliphatic carbocycles. The van der Waals surface area contributed by atoms with Gasteiger partial charge >= 0.3 is 17.9 Å². The molecular formula is C46H88O6. The minimum atomic E-state index is -0.759. The zero-order valence-corrected chi connectivity index (χ0v) is 35.3. The lowest BCUT2D eigenvalue weighted by Gasteiger charge is -2.18. The Kier molecular flexibility index (Phi) is 39.4. The molecule has 0 saturated heterocycles. The van der Waals surface area contributed by atoms with E-state index in [9.17, 15) is 14.4 Å². The van der Waals surface area contributed by atoms with Crippen LogP contribution >= 0.6 is 0 Å². The molecular weight excluding hydrogens is 648 g/mol. The Bertz CT molecular complexity index is 783. The van der Waals surface area contributed by atoms with Crippen molar-refractivity contribution in [1.29, 1.82) is 0 Å². The van der Waals surface area contributed by atoms with Crippen LogP contribution in [0.1, 0.15) is 252 Å². The minimum Gasteiger partial charge on any atom is -0.462 e. The minimum absolute atomic E-state index is 0.0647. The van der Waals surface area contributed by atoms with E-state index in [2.05, 4.69) is 27.7 Å². The SMILES string of the molecule is CCCCCCCCCCCCCCCCCC(=O)O[C@H](COC(=O)CCCCCCCCCCC)COC(=O)CCCCCCCCC(C)CC. The van der Waals surface area contributed by atoms with Crippen molar-refractivity contribution in [3.05, 3.63) is 0 Å². The van der Waals surface area contributed by atoms with Crippen LogP contribution in [0.25, 0.3) is 0 Å². The Balaban J connectivity index is 4.31. The summed E-state index contributed by atoms with van der Waals surface area (Å²) in [7, 11) is 0. The number of carbonyl (C=O) groups excluding carboxylic acids is 3. The summed E-state index contributed by atoms with van der Waals surface area (Å²) in [5.41, 5.74) is 0. The monoisotopic (exact) mass is 737 g/mol. The molecule has 0 heterocycles. The molecule has 6 nitrogen and oxygen atoms in total. The van der Waals surface area contributed by atoms with Crippen molar-refractivity contribution in [2.24, 2.45) is 5.92 Å². The van der Waals surface area contributed by atoms with E-state index in [1.54, 1.807) is 0 Å². The van der Waals surface area contributed by atoms with Crippen LogP contribution in [0.15, 0.2) is 0 Å². The summed E-state index contributed by atoms with van der Waals surface area (Å²) in [5, 5.41) is 0. The highest BCUT2D eigenvalue weighted by Gasteiger charge is 2.19. The standard InChI is InChI=1S/C46H88O6/c1-5-8-10-12-14-16-17-18-19-20-21-23-25-31-35-39-46(49)52-43(40-50-44(47)37-33-29-24-22-15-13-11-9-6-2)41-51-45(48)38-34-30-27-26-28-32-36-42(4)7-3/h42-43H,5-41H2,1-4H3/t42?,43-/m1/s1. The fraction of sp³-hybridized carbons (Fsp3) is 0.935. The lowest BCUT2D eigenvalue weighted by Crippen LogP contribution is -2.30. The molecule has 52 heavy (non-hydrogen) atoms. The lowest BCUT2D eigenvalue weighted by atomic mass is 10.00. The predicted molar refractivity (Wildman–Crippen MR) is 220 cm³/mol. The quantitative estimate of drug-likeness (QED) is 0.0353. The summed E-state index contributed by atoms with van der Waals surface area (Å²) in [6.07, 6.45) is 39.4. The van der Waals surface area contributed by atoms with Crippen molar-refractivity contribution in [2.75, 3.05) is 13.2 Å². The maximum absolute atomic E-state index is 12.7. The number of rotatable bonds is 41. The van der Waals surface area contributed by atoms with E-state index < -0.39 is 6.10 Å². The smallest absolute Gasteiger partial charge is 0.306 e. The first-order valence-corrected chi connectivity index (χ1v) is 22.9. The molecule has 0 amide bonds. The largest absolute Gasteiger partial charge is 0.462 e. The van der Waals surface area contributed by atoms with Gasteiger partial charge in [-0.3, -0.25) is 14.4 Å². The predicted octanol–water partition coefficient (Wildman–Crippen LogP) is 14.3. The van der Waals surface area contributed by atoms with E-state index in [0.29, 0.717) is 19.3 Å². The van der Waals surface area contributed by atoms with E-state index in [4.69, 9.17) is 14.2 Å². The average molecular weight is 737 g/mol. The third-order valence-electron chi connectivity index (χ3n) is 10.7. The van der Waals surface area contributed by atoms with Gasteiger partial charge in [0.2, 0.25) is 0 Å². The van der Waals surface area contributed by atoms with Crippen LogP contribution in [0, 0.1) is 5.92 Å². The van der Waals surface area contributed by atoms with E-state index in [1.807, 2.05) is 0 Å². The van der Waals surface area contributed by atoms with Crippen LogP contribution < -0.4 is 0 Å². The molecule has 0 bridgehead atoms. The fourth-order valence-corrected chi connectivity index (χ4v) is 6.77. The molecule has 0 aliphatic heterocycles. The highest BCUT2D eigenvalue weighted by atomic mass is 16.6. The summed E-state index contributed by atoms with van der Waals surface area (Å²) in [6, 6.07) is 0. The summed E-state index contributed by atoms with van der Waals surface area (Å²) in [6.45, 7) is 8.95. The van der Waals surface area contributed by atoms with Gasteiger partial charge in [0.05, 0.1) is 0 Å². The second-order valence-corrected chi connectivity index (χ2v) is 15.9. The summed E-state index contributed by atoms with van der Waals surface area (Å²) < 4.78 is 16.7. The van der Waals surface area contributed by atoms with Crippen molar-refractivity contribution < 1.29 is 28.6 Å². The molecule has 308 valence electrons. The normalized spacial score (nSPS) is 12.5. The molecule has 0 saturated carbocycles. The van der Waals surface area contributed by atoms with Gasteiger partial charge in [0.25, 0.3) is 0 Å². The zero-order chi connectivity index (χ0) is 38.2. The molecule has 6 heteroatoms. The van der Waals surface area contributed by atoms with Crippen molar-refractivity contribution in [3.8, 4) is 0 Å². The van der Waals surface area contributed by atoms with Crippen molar-refractivity contribution in [1.82, 2.24) is 0 Å². The number of hydrogen-bond donors (Lipinski definition) is 0. The van der Waals surface area contributed by atoms with E-state index in [1.165, 1.54) is 148 Å². The molecule has 0 rings (SSSR count). The highest BCUT2D eigenvalue weighted by molar-refractivity contribution is 5.71. The van der Waals surface area contributed by atoms with Crippen molar-refractivity contribution in [3.63, 3.8) is 0 Å². The molecule has 0 aliphatic rings. The Morgan fingerprint density at radius 1 is 0.385 bits per heavy atom. The van der Waals surface area contributed by atoms with Crippen molar-refractivity contribution >= 4 is 17.9 Å². The first-order valence-electron chi connectivity index (χ1n) is 22.9. The summed E-state index contributed by atoms with van der Waals surface area (Å²) in [5.74, 6) is -0.0442. The van der Waals surface area contributed by atoms with Crippen LogP contribution in [0.5, 0.6) is 0 Å². The molecule has 0 radical (unpaired) electrons.